The van der Waals surface area contributed by atoms with E-state index in [0.29, 0.717) is 0 Å². The smallest absolute Gasteiger partial charge is 0.335 e. The Morgan fingerprint density at radius 3 is 2.62 bits per heavy atom. The second-order valence-electron chi connectivity index (χ2n) is 3.80. The molecule has 9 nitrogen and oxygen atoms in total. The van der Waals surface area contributed by atoms with Crippen molar-refractivity contribution < 1.29 is 14.8 Å². The lowest BCUT2D eigenvalue weighted by atomic mass is 10.1. The number of nitro groups is 1. The van der Waals surface area contributed by atoms with Gasteiger partial charge in [0.15, 0.2) is 11.4 Å². The molecule has 1 aromatic carbocycles. The Kier molecular flexibility index (Phi) is 3.33. The van der Waals surface area contributed by atoms with Crippen LogP contribution in [0.2, 0.25) is 0 Å². The van der Waals surface area contributed by atoms with Gasteiger partial charge in [-0.3, -0.25) is 14.7 Å². The molecule has 1 N–H and O–H groups in total. The van der Waals surface area contributed by atoms with Crippen molar-refractivity contribution in [3.05, 3.63) is 51.6 Å². The van der Waals surface area contributed by atoms with Crippen LogP contribution in [0.3, 0.4) is 0 Å². The average molecular weight is 283 g/mol. The van der Waals surface area contributed by atoms with Crippen molar-refractivity contribution in [3.8, 4) is 17.8 Å². The molecule has 102 valence electrons. The summed E-state index contributed by atoms with van der Waals surface area (Å²) in [4.78, 5) is 24.8. The minimum Gasteiger partial charge on any atom is -0.478 e. The molecular formula is C12H5N5O4. The summed E-state index contributed by atoms with van der Waals surface area (Å²) in [6, 6.07) is 6.66. The third kappa shape index (κ3) is 2.27. The summed E-state index contributed by atoms with van der Waals surface area (Å²) in [5.74, 6) is -1.31. The number of carboxylic acid groups (broad SMARTS) is 1. The van der Waals surface area contributed by atoms with E-state index in [4.69, 9.17) is 15.6 Å². The lowest BCUT2D eigenvalue weighted by Crippen LogP contribution is -2.04. The van der Waals surface area contributed by atoms with Gasteiger partial charge in [0.05, 0.1) is 10.5 Å². The highest BCUT2D eigenvalue weighted by atomic mass is 16.6. The number of aromatic carboxylic acids is 1. The van der Waals surface area contributed by atoms with Gasteiger partial charge < -0.3 is 5.11 Å². The fourth-order valence-electron chi connectivity index (χ4n) is 1.73. The summed E-state index contributed by atoms with van der Waals surface area (Å²) in [6.45, 7) is 0. The van der Waals surface area contributed by atoms with Crippen molar-refractivity contribution in [2.45, 2.75) is 0 Å². The van der Waals surface area contributed by atoms with Gasteiger partial charge in [-0.05, 0) is 12.1 Å². The van der Waals surface area contributed by atoms with E-state index in [1.165, 1.54) is 6.07 Å². The Morgan fingerprint density at radius 2 is 2.10 bits per heavy atom. The van der Waals surface area contributed by atoms with E-state index >= 15 is 0 Å². The summed E-state index contributed by atoms with van der Waals surface area (Å²) in [5, 5.41) is 37.8. The second kappa shape index (κ2) is 5.11. The molecule has 0 radical (unpaired) electrons. The number of nitro benzene ring substituents is 1. The van der Waals surface area contributed by atoms with Crippen LogP contribution in [0.4, 0.5) is 5.69 Å². The topological polar surface area (TPSA) is 146 Å². The number of rotatable bonds is 3. The van der Waals surface area contributed by atoms with E-state index in [1.807, 2.05) is 0 Å². The van der Waals surface area contributed by atoms with Gasteiger partial charge in [-0.1, -0.05) is 0 Å². The Bertz CT molecular complexity index is 840. The predicted molar refractivity (Wildman–Crippen MR) is 66.6 cm³/mol. The van der Waals surface area contributed by atoms with Gasteiger partial charge in [-0.25, -0.2) is 9.78 Å². The van der Waals surface area contributed by atoms with Crippen LogP contribution in [0, 0.1) is 32.8 Å². The highest BCUT2D eigenvalue weighted by Gasteiger charge is 2.22. The first-order chi connectivity index (χ1) is 9.99. The van der Waals surface area contributed by atoms with Gasteiger partial charge in [-0.15, -0.1) is 0 Å². The zero-order chi connectivity index (χ0) is 15.6. The van der Waals surface area contributed by atoms with Crippen molar-refractivity contribution >= 4 is 11.7 Å². The highest BCUT2D eigenvalue weighted by molar-refractivity contribution is 5.89. The van der Waals surface area contributed by atoms with Crippen LogP contribution >= 0.6 is 0 Å². The fraction of sp³-hybridized carbons (Fsp3) is 0. The van der Waals surface area contributed by atoms with Crippen molar-refractivity contribution in [2.75, 3.05) is 0 Å². The number of aromatic nitrogens is 2. The first-order valence-corrected chi connectivity index (χ1v) is 5.39. The number of carboxylic acids is 1. The van der Waals surface area contributed by atoms with Crippen LogP contribution in [0.1, 0.15) is 21.7 Å². The molecule has 0 atom stereocenters. The van der Waals surface area contributed by atoms with Crippen LogP contribution in [-0.4, -0.2) is 25.6 Å². The SMILES string of the molecule is N#Cc1ncn(-c2ccc(C(=O)O)cc2[N+](=O)[O-])c1C#N. The monoisotopic (exact) mass is 283 g/mol. The quantitative estimate of drug-likeness (QED) is 0.657. The molecule has 0 aliphatic heterocycles. The largest absolute Gasteiger partial charge is 0.478 e. The van der Waals surface area contributed by atoms with E-state index < -0.39 is 16.6 Å². The van der Waals surface area contributed by atoms with E-state index in [1.54, 1.807) is 12.1 Å². The standard InChI is InChI=1S/C12H5N5O4/c13-4-8-11(5-14)16(6-15-8)9-2-1-7(12(18)19)3-10(9)17(20)21/h1-3,6H,(H,18,19). The van der Waals surface area contributed by atoms with E-state index in [-0.39, 0.29) is 22.6 Å². The van der Waals surface area contributed by atoms with Crippen LogP contribution < -0.4 is 0 Å². The third-order valence-corrected chi connectivity index (χ3v) is 2.66. The number of nitrogens with zero attached hydrogens (tertiary/aromatic N) is 5. The van der Waals surface area contributed by atoms with E-state index in [2.05, 4.69) is 4.98 Å². The Balaban J connectivity index is 2.74. The summed E-state index contributed by atoms with van der Waals surface area (Å²) in [7, 11) is 0. The number of hydrogen-bond acceptors (Lipinski definition) is 6. The van der Waals surface area contributed by atoms with Gasteiger partial charge in [0.1, 0.15) is 24.2 Å². The number of hydrogen-bond donors (Lipinski definition) is 1. The van der Waals surface area contributed by atoms with Gasteiger partial charge in [0, 0.05) is 6.07 Å². The third-order valence-electron chi connectivity index (χ3n) is 2.66. The molecule has 0 amide bonds. The van der Waals surface area contributed by atoms with Gasteiger partial charge in [0.25, 0.3) is 5.69 Å². The Morgan fingerprint density at radius 1 is 1.38 bits per heavy atom. The van der Waals surface area contributed by atoms with Crippen LogP contribution in [0.5, 0.6) is 0 Å². The molecule has 0 saturated carbocycles. The summed E-state index contributed by atoms with van der Waals surface area (Å²) in [6.07, 6.45) is 1.10. The summed E-state index contributed by atoms with van der Waals surface area (Å²) in [5.41, 5.74) is -1.15. The number of imidazole rings is 1. The molecular weight excluding hydrogens is 278 g/mol. The molecule has 1 aromatic heterocycles. The highest BCUT2D eigenvalue weighted by Crippen LogP contribution is 2.26. The number of carbonyl (C=O) groups is 1. The molecule has 0 aliphatic rings. The number of nitriles is 2. The summed E-state index contributed by atoms with van der Waals surface area (Å²) < 4.78 is 1.07. The van der Waals surface area contributed by atoms with Crippen LogP contribution in [-0.2, 0) is 0 Å². The van der Waals surface area contributed by atoms with Gasteiger partial charge >= 0.3 is 5.97 Å². The average Bonchev–Trinajstić information content (AvgIpc) is 2.88. The molecule has 0 unspecified atom stereocenters. The molecule has 21 heavy (non-hydrogen) atoms. The first kappa shape index (κ1) is 13.7. The molecule has 0 aliphatic carbocycles. The Hall–Kier alpha value is -3.72. The normalized spacial score (nSPS) is 9.62. The molecule has 2 rings (SSSR count). The minimum absolute atomic E-state index is 0.0458. The molecule has 0 fully saturated rings. The predicted octanol–water partition coefficient (Wildman–Crippen LogP) is 1.22. The second-order valence-corrected chi connectivity index (χ2v) is 3.80. The lowest BCUT2D eigenvalue weighted by molar-refractivity contribution is -0.384. The maximum absolute atomic E-state index is 11.1. The van der Waals surface area contributed by atoms with Crippen molar-refractivity contribution in [2.24, 2.45) is 0 Å². The summed E-state index contributed by atoms with van der Waals surface area (Å²) >= 11 is 0. The molecule has 0 bridgehead atoms. The minimum atomic E-state index is -1.31. The van der Waals surface area contributed by atoms with Gasteiger partial charge in [0.2, 0.25) is 0 Å². The maximum atomic E-state index is 11.1. The molecule has 2 aromatic rings. The van der Waals surface area contributed by atoms with Crippen molar-refractivity contribution in [1.29, 1.82) is 10.5 Å². The zero-order valence-electron chi connectivity index (χ0n) is 10.2. The fourth-order valence-corrected chi connectivity index (χ4v) is 1.73. The van der Waals surface area contributed by atoms with E-state index in [0.717, 1.165) is 23.0 Å². The lowest BCUT2D eigenvalue weighted by Gasteiger charge is -2.05. The molecule has 1 heterocycles. The zero-order valence-corrected chi connectivity index (χ0v) is 10.2. The van der Waals surface area contributed by atoms with Crippen LogP contribution in [0.15, 0.2) is 24.5 Å². The number of benzene rings is 1. The molecule has 9 heteroatoms. The Labute approximate surface area is 117 Å². The van der Waals surface area contributed by atoms with Gasteiger partial charge in [-0.2, -0.15) is 10.5 Å². The first-order valence-electron chi connectivity index (χ1n) is 5.39. The van der Waals surface area contributed by atoms with Crippen molar-refractivity contribution in [1.82, 2.24) is 9.55 Å². The van der Waals surface area contributed by atoms with E-state index in [9.17, 15) is 14.9 Å². The molecule has 0 spiro atoms. The molecule has 0 saturated heterocycles. The van der Waals surface area contributed by atoms with Crippen LogP contribution in [0.25, 0.3) is 5.69 Å². The van der Waals surface area contributed by atoms with Crippen molar-refractivity contribution in [3.63, 3.8) is 0 Å². The maximum Gasteiger partial charge on any atom is 0.335 e.